The van der Waals surface area contributed by atoms with Crippen LogP contribution in [0.4, 0.5) is 8.78 Å². The van der Waals surface area contributed by atoms with Gasteiger partial charge in [-0.1, -0.05) is 36.4 Å². The molecule has 0 radical (unpaired) electrons. The van der Waals surface area contributed by atoms with Gasteiger partial charge in [0.15, 0.2) is 11.6 Å². The smallest absolute Gasteiger partial charge is 0.257 e. The van der Waals surface area contributed by atoms with Gasteiger partial charge in [-0.15, -0.1) is 12.4 Å². The predicted octanol–water partition coefficient (Wildman–Crippen LogP) is 4.42. The van der Waals surface area contributed by atoms with Crippen LogP contribution in [0, 0.1) is 11.6 Å². The topological polar surface area (TPSA) is 71.8 Å². The van der Waals surface area contributed by atoms with Crippen LogP contribution in [0.5, 0.6) is 0 Å². The molecule has 0 aliphatic carbocycles. The Kier molecular flexibility index (Phi) is 5.53. The van der Waals surface area contributed by atoms with Crippen molar-refractivity contribution in [3.05, 3.63) is 88.3 Å². The van der Waals surface area contributed by atoms with Crippen LogP contribution in [0.1, 0.15) is 5.56 Å². The van der Waals surface area contributed by atoms with Crippen LogP contribution in [-0.2, 0) is 6.54 Å². The minimum Gasteiger partial charge on any atom is -0.328 e. The van der Waals surface area contributed by atoms with E-state index in [1.165, 1.54) is 18.3 Å². The number of hydrogen-bond acceptors (Lipinski definition) is 3. The second-order valence-corrected chi connectivity index (χ2v) is 6.09. The van der Waals surface area contributed by atoms with E-state index in [2.05, 4.69) is 9.97 Å². The first-order valence-corrected chi connectivity index (χ1v) is 8.35. The van der Waals surface area contributed by atoms with E-state index in [0.717, 1.165) is 5.56 Å². The fourth-order valence-corrected chi connectivity index (χ4v) is 3.08. The van der Waals surface area contributed by atoms with Crippen LogP contribution in [0.25, 0.3) is 33.3 Å². The zero-order valence-corrected chi connectivity index (χ0v) is 15.4. The van der Waals surface area contributed by atoms with Gasteiger partial charge in [0.1, 0.15) is 0 Å². The number of fused-ring (bicyclic) bond motifs is 1. The molecule has 0 aliphatic heterocycles. The average molecular weight is 400 g/mol. The first-order chi connectivity index (χ1) is 13.1. The second-order valence-electron chi connectivity index (χ2n) is 6.09. The summed E-state index contributed by atoms with van der Waals surface area (Å²) in [4.78, 5) is 19.3. The molecule has 0 bridgehead atoms. The Hall–Kier alpha value is -3.09. The molecule has 0 unspecified atom stereocenters. The predicted molar refractivity (Wildman–Crippen MR) is 108 cm³/mol. The Morgan fingerprint density at radius 3 is 2.43 bits per heavy atom. The Labute approximate surface area is 165 Å². The van der Waals surface area contributed by atoms with Crippen molar-refractivity contribution in [1.29, 1.82) is 0 Å². The largest absolute Gasteiger partial charge is 0.328 e. The molecule has 0 spiro atoms. The van der Waals surface area contributed by atoms with E-state index in [1.807, 2.05) is 30.3 Å². The fourth-order valence-electron chi connectivity index (χ4n) is 3.08. The molecule has 0 aliphatic rings. The summed E-state index contributed by atoms with van der Waals surface area (Å²) < 4.78 is 29.1. The standard InChI is InChI=1S/C21H15F2N3O.ClH/c22-18-13(11-24)6-7-14(19(18)23)20-15(12-4-2-1-3-5-12)10-16-17(26-20)8-9-25-21(16)27;/h1-10H,11,24H2,(H,25,27);1H. The quantitative estimate of drug-likeness (QED) is 0.535. The van der Waals surface area contributed by atoms with Gasteiger partial charge in [-0.3, -0.25) is 4.79 Å². The third-order valence-electron chi connectivity index (χ3n) is 4.47. The summed E-state index contributed by atoms with van der Waals surface area (Å²) >= 11 is 0. The highest BCUT2D eigenvalue weighted by atomic mass is 35.5. The first-order valence-electron chi connectivity index (χ1n) is 8.35. The summed E-state index contributed by atoms with van der Waals surface area (Å²) in [7, 11) is 0. The minimum absolute atomic E-state index is 0. The monoisotopic (exact) mass is 399 g/mol. The van der Waals surface area contributed by atoms with Crippen molar-refractivity contribution < 1.29 is 8.78 Å². The molecular formula is C21H16ClF2N3O. The highest BCUT2D eigenvalue weighted by Crippen LogP contribution is 2.35. The Bertz CT molecular complexity index is 1210. The van der Waals surface area contributed by atoms with Gasteiger partial charge in [0.2, 0.25) is 0 Å². The number of rotatable bonds is 3. The highest BCUT2D eigenvalue weighted by molar-refractivity contribution is 5.91. The maximum absolute atomic E-state index is 14.8. The van der Waals surface area contributed by atoms with E-state index in [9.17, 15) is 13.6 Å². The normalized spacial score (nSPS) is 10.7. The molecule has 7 heteroatoms. The highest BCUT2D eigenvalue weighted by Gasteiger charge is 2.19. The number of benzene rings is 2. The first kappa shape index (κ1) is 19.7. The Morgan fingerprint density at radius 1 is 0.964 bits per heavy atom. The number of pyridine rings is 2. The van der Waals surface area contributed by atoms with Crippen molar-refractivity contribution in [3.63, 3.8) is 0 Å². The molecule has 142 valence electrons. The molecule has 4 nitrogen and oxygen atoms in total. The number of aromatic nitrogens is 2. The summed E-state index contributed by atoms with van der Waals surface area (Å²) in [6, 6.07) is 15.3. The van der Waals surface area contributed by atoms with Gasteiger partial charge >= 0.3 is 0 Å². The lowest BCUT2D eigenvalue weighted by molar-refractivity contribution is 0.501. The molecule has 0 saturated carbocycles. The molecule has 0 fully saturated rings. The van der Waals surface area contributed by atoms with Crippen molar-refractivity contribution in [3.8, 4) is 22.4 Å². The molecule has 2 aromatic heterocycles. The zero-order chi connectivity index (χ0) is 19.0. The number of aromatic amines is 1. The molecular weight excluding hydrogens is 384 g/mol. The van der Waals surface area contributed by atoms with E-state index >= 15 is 0 Å². The molecule has 4 rings (SSSR count). The van der Waals surface area contributed by atoms with Crippen molar-refractivity contribution in [1.82, 2.24) is 9.97 Å². The molecule has 0 atom stereocenters. The third-order valence-corrected chi connectivity index (χ3v) is 4.47. The molecule has 2 heterocycles. The van der Waals surface area contributed by atoms with Crippen LogP contribution in [0.3, 0.4) is 0 Å². The summed E-state index contributed by atoms with van der Waals surface area (Å²) in [6.45, 7) is -0.102. The van der Waals surface area contributed by atoms with Crippen LogP contribution in [-0.4, -0.2) is 9.97 Å². The summed E-state index contributed by atoms with van der Waals surface area (Å²) in [5.74, 6) is -1.99. The van der Waals surface area contributed by atoms with Crippen LogP contribution >= 0.6 is 12.4 Å². The van der Waals surface area contributed by atoms with Crippen LogP contribution in [0.15, 0.2) is 65.6 Å². The summed E-state index contributed by atoms with van der Waals surface area (Å²) in [5.41, 5.74) is 7.22. The number of nitrogens with two attached hydrogens (primary N) is 1. The lowest BCUT2D eigenvalue weighted by Crippen LogP contribution is -2.07. The Morgan fingerprint density at radius 2 is 1.71 bits per heavy atom. The molecule has 0 saturated heterocycles. The molecule has 0 amide bonds. The SMILES string of the molecule is Cl.NCc1ccc(-c2nc3cc[nH]c(=O)c3cc2-c2ccccc2)c(F)c1F. The minimum atomic E-state index is -1.01. The van der Waals surface area contributed by atoms with Crippen LogP contribution in [0.2, 0.25) is 0 Å². The third kappa shape index (κ3) is 3.28. The van der Waals surface area contributed by atoms with E-state index in [0.29, 0.717) is 16.5 Å². The van der Waals surface area contributed by atoms with Gasteiger partial charge < -0.3 is 10.7 Å². The number of halogens is 3. The average Bonchev–Trinajstić information content (AvgIpc) is 2.70. The number of nitrogens with one attached hydrogen (secondary N) is 1. The second kappa shape index (κ2) is 7.88. The summed E-state index contributed by atoms with van der Waals surface area (Å²) in [5, 5.41) is 0.375. The fraction of sp³-hybridized carbons (Fsp3) is 0.0476. The molecule has 28 heavy (non-hydrogen) atoms. The number of hydrogen-bond donors (Lipinski definition) is 2. The van der Waals surface area contributed by atoms with Gasteiger partial charge in [-0.05, 0) is 23.8 Å². The van der Waals surface area contributed by atoms with Crippen molar-refractivity contribution in [2.24, 2.45) is 5.73 Å². The lowest BCUT2D eigenvalue weighted by atomic mass is 9.96. The van der Waals surface area contributed by atoms with Crippen molar-refractivity contribution in [2.45, 2.75) is 6.54 Å². The van der Waals surface area contributed by atoms with Crippen molar-refractivity contribution >= 4 is 23.3 Å². The van der Waals surface area contributed by atoms with E-state index in [4.69, 9.17) is 5.73 Å². The number of H-pyrrole nitrogens is 1. The zero-order valence-electron chi connectivity index (χ0n) is 14.6. The van der Waals surface area contributed by atoms with Gasteiger partial charge in [-0.2, -0.15) is 0 Å². The maximum Gasteiger partial charge on any atom is 0.257 e. The molecule has 2 aromatic carbocycles. The van der Waals surface area contributed by atoms with E-state index in [1.54, 1.807) is 12.1 Å². The number of nitrogens with zero attached hydrogens (tertiary/aromatic N) is 1. The van der Waals surface area contributed by atoms with Gasteiger partial charge in [0.25, 0.3) is 5.56 Å². The Balaban J connectivity index is 0.00000225. The van der Waals surface area contributed by atoms with Crippen LogP contribution < -0.4 is 11.3 Å². The van der Waals surface area contributed by atoms with Crippen molar-refractivity contribution in [2.75, 3.05) is 0 Å². The van der Waals surface area contributed by atoms with E-state index in [-0.39, 0.29) is 41.3 Å². The van der Waals surface area contributed by atoms with E-state index < -0.39 is 11.6 Å². The lowest BCUT2D eigenvalue weighted by Gasteiger charge is -2.13. The molecule has 3 N–H and O–H groups in total. The molecule has 4 aromatic rings. The van der Waals surface area contributed by atoms with Gasteiger partial charge in [-0.25, -0.2) is 13.8 Å². The van der Waals surface area contributed by atoms with Gasteiger partial charge in [0, 0.05) is 29.4 Å². The summed E-state index contributed by atoms with van der Waals surface area (Å²) in [6.07, 6.45) is 1.47. The maximum atomic E-state index is 14.8. The van der Waals surface area contributed by atoms with Gasteiger partial charge in [0.05, 0.1) is 16.6 Å².